The van der Waals surface area contributed by atoms with Gasteiger partial charge in [0, 0.05) is 29.2 Å². The number of benzene rings is 3. The maximum absolute atomic E-state index is 10.3. The molecule has 1 saturated carbocycles. The molecule has 1 atom stereocenters. The van der Waals surface area contributed by atoms with E-state index in [-0.39, 0.29) is 6.04 Å². The molecule has 1 fully saturated rings. The van der Waals surface area contributed by atoms with Gasteiger partial charge in [-0.3, -0.25) is 4.90 Å². The summed E-state index contributed by atoms with van der Waals surface area (Å²) in [5, 5.41) is 11.4. The quantitative estimate of drug-likeness (QED) is 0.420. The van der Waals surface area contributed by atoms with E-state index in [9.17, 15) is 5.26 Å². The Morgan fingerprint density at radius 2 is 1.39 bits per heavy atom. The van der Waals surface area contributed by atoms with E-state index in [0.717, 1.165) is 11.2 Å². The Morgan fingerprint density at radius 1 is 0.806 bits per heavy atom. The van der Waals surface area contributed by atoms with Crippen molar-refractivity contribution in [3.8, 4) is 6.07 Å². The Morgan fingerprint density at radius 3 is 1.94 bits per heavy atom. The van der Waals surface area contributed by atoms with Crippen LogP contribution in [0.15, 0.2) is 89.8 Å². The van der Waals surface area contributed by atoms with Crippen molar-refractivity contribution in [3.63, 3.8) is 0 Å². The molecule has 0 unspecified atom stereocenters. The van der Waals surface area contributed by atoms with Gasteiger partial charge in [-0.15, -0.1) is 11.8 Å². The van der Waals surface area contributed by atoms with Crippen molar-refractivity contribution >= 4 is 11.8 Å². The molecule has 0 aromatic heterocycles. The maximum atomic E-state index is 10.3. The van der Waals surface area contributed by atoms with E-state index in [1.54, 1.807) is 11.8 Å². The van der Waals surface area contributed by atoms with Gasteiger partial charge in [0.25, 0.3) is 0 Å². The van der Waals surface area contributed by atoms with E-state index in [4.69, 9.17) is 0 Å². The fraction of sp³-hybridized carbons (Fsp3) is 0.143. The summed E-state index contributed by atoms with van der Waals surface area (Å²) in [4.78, 5) is 3.45. The lowest BCUT2D eigenvalue weighted by Gasteiger charge is -2.33. The van der Waals surface area contributed by atoms with E-state index in [0.29, 0.717) is 13.1 Å². The number of thioether (sulfide) groups is 1. The van der Waals surface area contributed by atoms with Crippen LogP contribution in [0.5, 0.6) is 0 Å². The van der Waals surface area contributed by atoms with Gasteiger partial charge in [-0.1, -0.05) is 78.4 Å². The second-order valence-corrected chi connectivity index (χ2v) is 8.78. The molecule has 2 nitrogen and oxygen atoms in total. The third kappa shape index (κ3) is 5.79. The Labute approximate surface area is 190 Å². The lowest BCUT2D eigenvalue weighted by atomic mass is 9.96. The van der Waals surface area contributed by atoms with Gasteiger partial charge in [-0.2, -0.15) is 5.26 Å². The molecule has 3 aromatic rings. The normalized spacial score (nSPS) is 15.8. The zero-order valence-electron chi connectivity index (χ0n) is 17.6. The molecular weight excluding hydrogens is 396 g/mol. The molecule has 0 bridgehead atoms. The summed E-state index contributed by atoms with van der Waals surface area (Å²) in [5.41, 5.74) is 3.66. The van der Waals surface area contributed by atoms with Gasteiger partial charge in [0.05, 0.1) is 6.07 Å². The summed E-state index contributed by atoms with van der Waals surface area (Å²) in [7, 11) is 0. The first-order valence-electron chi connectivity index (χ1n) is 10.4. The molecular formula is C28H25N2S. The highest BCUT2D eigenvalue weighted by molar-refractivity contribution is 8.02. The number of rotatable bonds is 8. The third-order valence-corrected chi connectivity index (χ3v) is 6.40. The number of nitriles is 1. The molecule has 153 valence electrons. The number of aryl methyl sites for hydroxylation is 1. The van der Waals surface area contributed by atoms with Gasteiger partial charge in [0.1, 0.15) is 6.04 Å². The Bertz CT molecular complexity index is 938. The predicted molar refractivity (Wildman–Crippen MR) is 128 cm³/mol. The first kappa shape index (κ1) is 21.7. The number of hydrogen-bond acceptors (Lipinski definition) is 3. The number of nitrogens with zero attached hydrogens (tertiary/aromatic N) is 2. The fourth-order valence-electron chi connectivity index (χ4n) is 3.69. The zero-order valence-corrected chi connectivity index (χ0v) is 18.4. The highest BCUT2D eigenvalue weighted by Gasteiger charge is 2.39. The van der Waals surface area contributed by atoms with Gasteiger partial charge in [-0.05, 0) is 49.4 Å². The van der Waals surface area contributed by atoms with Crippen molar-refractivity contribution in [1.29, 1.82) is 5.26 Å². The predicted octanol–water partition coefficient (Wildman–Crippen LogP) is 6.41. The second-order valence-electron chi connectivity index (χ2n) is 7.67. The van der Waals surface area contributed by atoms with E-state index in [1.807, 2.05) is 12.1 Å². The van der Waals surface area contributed by atoms with Crippen LogP contribution in [-0.2, 0) is 13.1 Å². The minimum atomic E-state index is -0.330. The molecule has 1 aliphatic carbocycles. The van der Waals surface area contributed by atoms with Crippen molar-refractivity contribution in [2.45, 2.75) is 31.0 Å². The van der Waals surface area contributed by atoms with Gasteiger partial charge in [-0.25, -0.2) is 0 Å². The van der Waals surface area contributed by atoms with Crippen molar-refractivity contribution in [3.05, 3.63) is 132 Å². The molecule has 31 heavy (non-hydrogen) atoms. The summed E-state index contributed by atoms with van der Waals surface area (Å²) >= 11 is 1.73. The molecule has 4 rings (SSSR count). The zero-order chi connectivity index (χ0) is 21.5. The average molecular weight is 422 g/mol. The SMILES string of the molecule is Cc1ccc(S[C]2[CH][CH][CH][C]2[C@@H](C#N)N(Cc2ccccc2)Cc2ccccc2)cc1. The van der Waals surface area contributed by atoms with E-state index < -0.39 is 0 Å². The minimum Gasteiger partial charge on any atom is -0.279 e. The van der Waals surface area contributed by atoms with Gasteiger partial charge in [0.2, 0.25) is 0 Å². The smallest absolute Gasteiger partial charge is 0.106 e. The molecule has 0 amide bonds. The van der Waals surface area contributed by atoms with E-state index in [2.05, 4.69) is 110 Å². The van der Waals surface area contributed by atoms with Crippen molar-refractivity contribution in [2.24, 2.45) is 0 Å². The molecule has 0 N–H and O–H groups in total. The van der Waals surface area contributed by atoms with Crippen LogP contribution in [0.25, 0.3) is 0 Å². The standard InChI is InChI=1S/C28H25N2S/c1-22-15-17-25(18-16-22)31-28-14-8-13-26(28)27(19-29)30(20-23-9-4-2-5-10-23)21-24-11-6-3-7-12-24/h2-18,27H,20-21H2,1H3/t27-/m1/s1. The largest absolute Gasteiger partial charge is 0.279 e. The minimum absolute atomic E-state index is 0.330. The molecule has 0 heterocycles. The van der Waals surface area contributed by atoms with Crippen molar-refractivity contribution in [2.75, 3.05) is 0 Å². The van der Waals surface area contributed by atoms with Gasteiger partial charge in [0.15, 0.2) is 0 Å². The lowest BCUT2D eigenvalue weighted by Crippen LogP contribution is -2.38. The average Bonchev–Trinajstić information content (AvgIpc) is 3.25. The van der Waals surface area contributed by atoms with Crippen LogP contribution in [0.1, 0.15) is 16.7 Å². The summed E-state index contributed by atoms with van der Waals surface area (Å²) < 4.78 is 0. The molecule has 3 aromatic carbocycles. The van der Waals surface area contributed by atoms with Crippen LogP contribution in [-0.4, -0.2) is 10.9 Å². The van der Waals surface area contributed by atoms with Gasteiger partial charge >= 0.3 is 0 Å². The van der Waals surface area contributed by atoms with Crippen molar-refractivity contribution in [1.82, 2.24) is 4.90 Å². The van der Waals surface area contributed by atoms with E-state index in [1.165, 1.54) is 21.6 Å². The van der Waals surface area contributed by atoms with Gasteiger partial charge < -0.3 is 0 Å². The molecule has 3 heteroatoms. The van der Waals surface area contributed by atoms with Crippen LogP contribution < -0.4 is 0 Å². The van der Waals surface area contributed by atoms with Crippen LogP contribution in [0.3, 0.4) is 0 Å². The van der Waals surface area contributed by atoms with Crippen LogP contribution >= 0.6 is 11.8 Å². The summed E-state index contributed by atoms with van der Waals surface area (Å²) in [6.07, 6.45) is 6.26. The molecule has 5 radical (unpaired) electrons. The fourth-order valence-corrected chi connectivity index (χ4v) is 4.66. The maximum Gasteiger partial charge on any atom is 0.106 e. The molecule has 0 spiro atoms. The number of hydrogen-bond donors (Lipinski definition) is 0. The molecule has 0 aliphatic heterocycles. The Kier molecular flexibility index (Phi) is 7.46. The summed E-state index contributed by atoms with van der Waals surface area (Å²) in [5.74, 6) is 1.07. The lowest BCUT2D eigenvalue weighted by molar-refractivity contribution is 0.228. The topological polar surface area (TPSA) is 27.0 Å². The van der Waals surface area contributed by atoms with Crippen molar-refractivity contribution < 1.29 is 0 Å². The highest BCUT2D eigenvalue weighted by Crippen LogP contribution is 2.47. The Balaban J connectivity index is 1.56. The third-order valence-electron chi connectivity index (χ3n) is 5.30. The highest BCUT2D eigenvalue weighted by atomic mass is 32.2. The first-order chi connectivity index (χ1) is 15.2. The monoisotopic (exact) mass is 421 g/mol. The second kappa shape index (κ2) is 10.7. The molecule has 0 saturated heterocycles. The first-order valence-corrected chi connectivity index (χ1v) is 11.3. The Hall–Kier alpha value is -2.54. The van der Waals surface area contributed by atoms with Crippen LogP contribution in [0.4, 0.5) is 0 Å². The summed E-state index contributed by atoms with van der Waals surface area (Å²) in [6, 6.07) is 31.6. The van der Waals surface area contributed by atoms with E-state index >= 15 is 0 Å². The summed E-state index contributed by atoms with van der Waals surface area (Å²) in [6.45, 7) is 3.53. The molecule has 1 aliphatic rings. The van der Waals surface area contributed by atoms with Crippen LogP contribution in [0, 0.1) is 48.7 Å². The van der Waals surface area contributed by atoms with Crippen LogP contribution in [0.2, 0.25) is 0 Å².